The van der Waals surface area contributed by atoms with Gasteiger partial charge < -0.3 is 4.90 Å². The zero-order valence-electron chi connectivity index (χ0n) is 16.6. The van der Waals surface area contributed by atoms with Crippen molar-refractivity contribution in [2.24, 2.45) is 0 Å². The molecule has 1 saturated heterocycles. The van der Waals surface area contributed by atoms with E-state index in [1.807, 2.05) is 9.58 Å². The number of piperazine rings is 1. The van der Waals surface area contributed by atoms with Crippen molar-refractivity contribution in [1.82, 2.24) is 25.1 Å². The Bertz CT molecular complexity index is 807. The third-order valence-corrected chi connectivity index (χ3v) is 6.17. The SMILES string of the molecule is CCC(c1nnnn1C1CCCC1)N1CCN(c2cccc(C(F)(F)F)c2)CC1. The number of aromatic nitrogens is 4. The van der Waals surface area contributed by atoms with Crippen molar-refractivity contribution < 1.29 is 13.2 Å². The van der Waals surface area contributed by atoms with Crippen LogP contribution < -0.4 is 4.90 Å². The van der Waals surface area contributed by atoms with E-state index < -0.39 is 11.7 Å². The first kappa shape index (κ1) is 20.1. The van der Waals surface area contributed by atoms with Crippen LogP contribution >= 0.6 is 0 Å². The molecule has 9 heteroatoms. The molecule has 1 aliphatic heterocycles. The van der Waals surface area contributed by atoms with Gasteiger partial charge in [0.2, 0.25) is 0 Å². The molecule has 0 bridgehead atoms. The first-order valence-electron chi connectivity index (χ1n) is 10.4. The van der Waals surface area contributed by atoms with Crippen LogP contribution in [0, 0.1) is 0 Å². The number of benzene rings is 1. The van der Waals surface area contributed by atoms with Crippen LogP contribution in [-0.4, -0.2) is 51.3 Å². The Balaban J connectivity index is 1.45. The van der Waals surface area contributed by atoms with Crippen molar-refractivity contribution in [2.45, 2.75) is 57.3 Å². The first-order valence-corrected chi connectivity index (χ1v) is 10.4. The number of hydrogen-bond donors (Lipinski definition) is 0. The van der Waals surface area contributed by atoms with Gasteiger partial charge in [0, 0.05) is 31.9 Å². The number of tetrazole rings is 1. The fourth-order valence-corrected chi connectivity index (χ4v) is 4.60. The summed E-state index contributed by atoms with van der Waals surface area (Å²) in [6.07, 6.45) is 1.27. The van der Waals surface area contributed by atoms with Gasteiger partial charge in [0.25, 0.3) is 0 Å². The molecule has 0 amide bonds. The van der Waals surface area contributed by atoms with Crippen LogP contribution in [0.1, 0.15) is 62.5 Å². The molecule has 29 heavy (non-hydrogen) atoms. The Kier molecular flexibility index (Phi) is 5.76. The molecule has 2 heterocycles. The summed E-state index contributed by atoms with van der Waals surface area (Å²) < 4.78 is 41.1. The van der Waals surface area contributed by atoms with Crippen LogP contribution in [0.4, 0.5) is 18.9 Å². The molecule has 1 unspecified atom stereocenters. The van der Waals surface area contributed by atoms with Gasteiger partial charge in [0.15, 0.2) is 5.82 Å². The predicted octanol–water partition coefficient (Wildman–Crippen LogP) is 4.08. The maximum absolute atomic E-state index is 13.0. The summed E-state index contributed by atoms with van der Waals surface area (Å²) in [5.41, 5.74) is 0.0305. The van der Waals surface area contributed by atoms with Gasteiger partial charge >= 0.3 is 6.18 Å². The van der Waals surface area contributed by atoms with Crippen LogP contribution in [0.15, 0.2) is 24.3 Å². The van der Waals surface area contributed by atoms with Crippen LogP contribution in [0.25, 0.3) is 0 Å². The average molecular weight is 408 g/mol. The summed E-state index contributed by atoms with van der Waals surface area (Å²) in [6.45, 7) is 5.04. The first-order chi connectivity index (χ1) is 14.0. The monoisotopic (exact) mass is 408 g/mol. The van der Waals surface area contributed by atoms with Crippen LogP contribution in [-0.2, 0) is 6.18 Å². The van der Waals surface area contributed by atoms with Gasteiger partial charge in [-0.1, -0.05) is 25.8 Å². The van der Waals surface area contributed by atoms with E-state index in [9.17, 15) is 13.2 Å². The van der Waals surface area contributed by atoms with E-state index >= 15 is 0 Å². The van der Waals surface area contributed by atoms with E-state index in [4.69, 9.17) is 0 Å². The van der Waals surface area contributed by atoms with Crippen molar-refractivity contribution >= 4 is 5.69 Å². The molecule has 1 aliphatic carbocycles. The van der Waals surface area contributed by atoms with Crippen molar-refractivity contribution in [3.05, 3.63) is 35.7 Å². The minimum Gasteiger partial charge on any atom is -0.369 e. The number of hydrogen-bond acceptors (Lipinski definition) is 5. The average Bonchev–Trinajstić information content (AvgIpc) is 3.40. The van der Waals surface area contributed by atoms with Gasteiger partial charge in [0.1, 0.15) is 0 Å². The largest absolute Gasteiger partial charge is 0.416 e. The molecule has 2 aliphatic rings. The molecule has 1 atom stereocenters. The highest BCUT2D eigenvalue weighted by molar-refractivity contribution is 5.49. The van der Waals surface area contributed by atoms with Gasteiger partial charge in [-0.05, 0) is 47.9 Å². The molecule has 6 nitrogen and oxygen atoms in total. The number of anilines is 1. The fraction of sp³-hybridized carbons (Fsp3) is 0.650. The summed E-state index contributed by atoms with van der Waals surface area (Å²) in [6, 6.07) is 6.12. The molecule has 1 saturated carbocycles. The van der Waals surface area contributed by atoms with Crippen LogP contribution in [0.3, 0.4) is 0 Å². The highest BCUT2D eigenvalue weighted by Crippen LogP contribution is 2.34. The summed E-state index contributed by atoms with van der Waals surface area (Å²) in [7, 11) is 0. The molecule has 2 fully saturated rings. The van der Waals surface area contributed by atoms with Gasteiger partial charge in [-0.15, -0.1) is 5.10 Å². The molecule has 0 spiro atoms. The summed E-state index contributed by atoms with van der Waals surface area (Å²) in [5, 5.41) is 12.6. The van der Waals surface area contributed by atoms with Gasteiger partial charge in [0.05, 0.1) is 17.6 Å². The van der Waals surface area contributed by atoms with Crippen molar-refractivity contribution in [2.75, 3.05) is 31.1 Å². The minimum atomic E-state index is -4.32. The van der Waals surface area contributed by atoms with Crippen molar-refractivity contribution in [1.29, 1.82) is 0 Å². The van der Waals surface area contributed by atoms with Crippen LogP contribution in [0.2, 0.25) is 0 Å². The maximum atomic E-state index is 13.0. The molecule has 0 N–H and O–H groups in total. The van der Waals surface area contributed by atoms with E-state index in [0.717, 1.165) is 44.2 Å². The molecular weight excluding hydrogens is 381 g/mol. The highest BCUT2D eigenvalue weighted by atomic mass is 19.4. The van der Waals surface area contributed by atoms with Crippen LogP contribution in [0.5, 0.6) is 0 Å². The molecule has 1 aromatic heterocycles. The Morgan fingerprint density at radius 2 is 1.83 bits per heavy atom. The van der Waals surface area contributed by atoms with Crippen molar-refractivity contribution in [3.8, 4) is 0 Å². The molecule has 0 radical (unpaired) electrons. The lowest BCUT2D eigenvalue weighted by Gasteiger charge is -2.39. The Morgan fingerprint density at radius 1 is 1.10 bits per heavy atom. The second-order valence-corrected chi connectivity index (χ2v) is 7.92. The lowest BCUT2D eigenvalue weighted by molar-refractivity contribution is -0.137. The van der Waals surface area contributed by atoms with Gasteiger partial charge in [-0.3, -0.25) is 4.90 Å². The molecule has 158 valence electrons. The van der Waals surface area contributed by atoms with Crippen molar-refractivity contribution in [3.63, 3.8) is 0 Å². The van der Waals surface area contributed by atoms with E-state index in [1.165, 1.54) is 25.0 Å². The normalized spacial score (nSPS) is 20.3. The van der Waals surface area contributed by atoms with Gasteiger partial charge in [-0.25, -0.2) is 4.68 Å². The number of halogens is 3. The summed E-state index contributed by atoms with van der Waals surface area (Å²) in [5.74, 6) is 0.923. The second kappa shape index (κ2) is 8.30. The number of nitrogens with zero attached hydrogens (tertiary/aromatic N) is 6. The molecule has 4 rings (SSSR count). The Morgan fingerprint density at radius 3 is 2.48 bits per heavy atom. The summed E-state index contributed by atoms with van der Waals surface area (Å²) >= 11 is 0. The third-order valence-electron chi connectivity index (χ3n) is 6.17. The predicted molar refractivity (Wildman–Crippen MR) is 104 cm³/mol. The topological polar surface area (TPSA) is 50.1 Å². The Hall–Kier alpha value is -2.16. The molecule has 1 aromatic carbocycles. The Labute approximate surface area is 168 Å². The summed E-state index contributed by atoms with van der Waals surface area (Å²) in [4.78, 5) is 4.39. The zero-order chi connectivity index (χ0) is 20.4. The third kappa shape index (κ3) is 4.24. The smallest absolute Gasteiger partial charge is 0.369 e. The van der Waals surface area contributed by atoms with E-state index in [-0.39, 0.29) is 6.04 Å². The quantitative estimate of drug-likeness (QED) is 0.746. The minimum absolute atomic E-state index is 0.134. The van der Waals surface area contributed by atoms with E-state index in [1.54, 1.807) is 6.07 Å². The van der Waals surface area contributed by atoms with E-state index in [2.05, 4.69) is 27.3 Å². The zero-order valence-corrected chi connectivity index (χ0v) is 16.6. The standard InChI is InChI=1S/C20H27F3N6/c1-2-18(19-24-25-26-29(19)16-7-3-4-8-16)28-12-10-27(11-13-28)17-9-5-6-15(14-17)20(21,22)23/h5-6,9,14,16,18H,2-4,7-8,10-13H2,1H3. The second-order valence-electron chi connectivity index (χ2n) is 7.92. The van der Waals surface area contributed by atoms with Gasteiger partial charge in [-0.2, -0.15) is 13.2 Å². The molecular formula is C20H27F3N6. The number of alkyl halides is 3. The fourth-order valence-electron chi connectivity index (χ4n) is 4.60. The molecule has 2 aromatic rings. The maximum Gasteiger partial charge on any atom is 0.416 e. The lowest BCUT2D eigenvalue weighted by atomic mass is 10.1. The van der Waals surface area contributed by atoms with E-state index in [0.29, 0.717) is 24.8 Å². The number of rotatable bonds is 5. The highest BCUT2D eigenvalue weighted by Gasteiger charge is 2.33. The lowest BCUT2D eigenvalue weighted by Crippen LogP contribution is -2.48.